The van der Waals surface area contributed by atoms with Crippen LogP contribution in [0.5, 0.6) is 5.75 Å². The lowest BCUT2D eigenvalue weighted by Gasteiger charge is -2.36. The van der Waals surface area contributed by atoms with E-state index in [0.717, 1.165) is 37.0 Å². The van der Waals surface area contributed by atoms with Gasteiger partial charge in [0, 0.05) is 56.4 Å². The van der Waals surface area contributed by atoms with Gasteiger partial charge in [0.05, 0.1) is 10.5 Å². The Morgan fingerprint density at radius 2 is 1.65 bits per heavy atom. The molecule has 3 amide bonds. The van der Waals surface area contributed by atoms with Crippen molar-refractivity contribution in [1.29, 1.82) is 0 Å². The molecule has 2 aliphatic heterocycles. The van der Waals surface area contributed by atoms with Gasteiger partial charge in [0.2, 0.25) is 5.91 Å². The molecule has 0 unspecified atom stereocenters. The number of aromatic carboxylic acids is 1. The van der Waals surface area contributed by atoms with Gasteiger partial charge in [-0.05, 0) is 79.6 Å². The van der Waals surface area contributed by atoms with E-state index in [0.29, 0.717) is 47.3 Å². The van der Waals surface area contributed by atoms with Crippen molar-refractivity contribution in [3.63, 3.8) is 0 Å². The number of carbonyl (C=O) groups is 4. The maximum atomic E-state index is 14.1. The first-order chi connectivity index (χ1) is 23.4. The number of carbonyl (C=O) groups excluding carboxylic acids is 3. The molecule has 2 aliphatic rings. The fraction of sp³-hybridized carbons (Fsp3) is 0.286. The van der Waals surface area contributed by atoms with Crippen LogP contribution in [0.2, 0.25) is 0 Å². The second-order valence-electron chi connectivity index (χ2n) is 11.7. The summed E-state index contributed by atoms with van der Waals surface area (Å²) in [7, 11) is 0. The van der Waals surface area contributed by atoms with Crippen molar-refractivity contribution < 1.29 is 37.8 Å². The Labute approximate surface area is 291 Å². The summed E-state index contributed by atoms with van der Waals surface area (Å²) in [6.45, 7) is 6.69. The van der Waals surface area contributed by atoms with Crippen molar-refractivity contribution in [3.8, 4) is 16.9 Å². The van der Waals surface area contributed by atoms with Gasteiger partial charge in [-0.25, -0.2) is 13.6 Å². The molecular formula is C35H34F2N4O6S2. The Hall–Kier alpha value is -4.66. The molecule has 2 N–H and O–H groups in total. The van der Waals surface area contributed by atoms with Crippen LogP contribution in [0, 0.1) is 11.6 Å². The fourth-order valence-corrected chi connectivity index (χ4v) is 6.63. The highest BCUT2D eigenvalue weighted by atomic mass is 32.2. The van der Waals surface area contributed by atoms with Gasteiger partial charge in [-0.1, -0.05) is 36.1 Å². The number of hydrogen-bond donors (Lipinski definition) is 2. The molecule has 3 aromatic rings. The van der Waals surface area contributed by atoms with Gasteiger partial charge in [0.25, 0.3) is 11.8 Å². The first-order valence-electron chi connectivity index (χ1n) is 15.5. The number of benzene rings is 3. The normalized spacial score (nSPS) is 16.1. The average molecular weight is 709 g/mol. The predicted octanol–water partition coefficient (Wildman–Crippen LogP) is 5.49. The van der Waals surface area contributed by atoms with Crippen molar-refractivity contribution in [2.75, 3.05) is 44.6 Å². The van der Waals surface area contributed by atoms with Crippen LogP contribution in [0.4, 0.5) is 14.5 Å². The van der Waals surface area contributed by atoms with Gasteiger partial charge in [0.1, 0.15) is 10.1 Å². The van der Waals surface area contributed by atoms with Crippen LogP contribution in [-0.2, 0) is 14.4 Å². The molecule has 5 rings (SSSR count). The zero-order valence-corrected chi connectivity index (χ0v) is 28.4. The molecule has 0 atom stereocenters. The number of piperazine rings is 1. The number of nitrogens with one attached hydrogen (secondary N) is 1. The molecule has 256 valence electrons. The van der Waals surface area contributed by atoms with Gasteiger partial charge in [-0.15, -0.1) is 0 Å². The topological polar surface area (TPSA) is 119 Å². The number of anilines is 1. The molecule has 0 radical (unpaired) electrons. The largest absolute Gasteiger partial charge is 0.483 e. The van der Waals surface area contributed by atoms with E-state index in [4.69, 9.17) is 22.1 Å². The van der Waals surface area contributed by atoms with Gasteiger partial charge in [-0.3, -0.25) is 24.2 Å². The smallest absolute Gasteiger partial charge is 0.335 e. The van der Waals surface area contributed by atoms with Crippen molar-refractivity contribution in [2.45, 2.75) is 26.3 Å². The summed E-state index contributed by atoms with van der Waals surface area (Å²) in [5.74, 6) is -3.78. The third kappa shape index (κ3) is 8.88. The molecule has 2 heterocycles. The zero-order chi connectivity index (χ0) is 35.2. The number of carboxylic acid groups (broad SMARTS) is 1. The average Bonchev–Trinajstić information content (AvgIpc) is 3.35. The molecule has 2 saturated heterocycles. The predicted molar refractivity (Wildman–Crippen MR) is 187 cm³/mol. The van der Waals surface area contributed by atoms with Crippen molar-refractivity contribution >= 4 is 63.8 Å². The van der Waals surface area contributed by atoms with E-state index in [9.17, 15) is 28.0 Å². The lowest BCUT2D eigenvalue weighted by Crippen LogP contribution is -2.51. The zero-order valence-electron chi connectivity index (χ0n) is 26.8. The number of nitrogens with zero attached hydrogens (tertiary/aromatic N) is 3. The minimum Gasteiger partial charge on any atom is -0.483 e. The minimum atomic E-state index is -1.08. The Kier molecular flexibility index (Phi) is 11.4. The summed E-state index contributed by atoms with van der Waals surface area (Å²) < 4.78 is 34.0. The first kappa shape index (κ1) is 35.6. The lowest BCUT2D eigenvalue weighted by molar-refractivity contribution is -0.135. The van der Waals surface area contributed by atoms with Crippen LogP contribution in [-0.4, -0.2) is 93.2 Å². The maximum absolute atomic E-state index is 14.1. The van der Waals surface area contributed by atoms with E-state index in [2.05, 4.69) is 24.1 Å². The number of carboxylic acids is 1. The summed E-state index contributed by atoms with van der Waals surface area (Å²) in [5, 5.41) is 11.7. The van der Waals surface area contributed by atoms with Crippen LogP contribution in [0.15, 0.2) is 65.6 Å². The molecule has 10 nitrogen and oxygen atoms in total. The number of hydrogen-bond acceptors (Lipinski definition) is 8. The summed E-state index contributed by atoms with van der Waals surface area (Å²) in [4.78, 5) is 55.7. The summed E-state index contributed by atoms with van der Waals surface area (Å²) in [6.07, 6.45) is 1.49. The minimum absolute atomic E-state index is 0.00211. The first-order valence-corrected chi connectivity index (χ1v) is 16.7. The standard InChI is InChI=1S/C35H34F2N4O6S2/c1-21(2)39-13-15-40(16-14-39)32(43)20-47-29-10-6-23(24-5-9-27(36)28(37)18-24)17-25(29)19-30-33(44)41(35(48)49-30)12-11-31(42)38-26-7-3-22(4-8-26)34(45)46/h3-10,17-19,21H,11-16,20H2,1-2H3,(H,38,42)(H,45,46)/b30-19-. The quantitative estimate of drug-likeness (QED) is 0.197. The highest BCUT2D eigenvalue weighted by molar-refractivity contribution is 8.26. The molecule has 2 fully saturated rings. The summed E-state index contributed by atoms with van der Waals surface area (Å²) in [6, 6.07) is 14.5. The highest BCUT2D eigenvalue weighted by Gasteiger charge is 2.32. The third-order valence-electron chi connectivity index (χ3n) is 8.15. The van der Waals surface area contributed by atoms with Gasteiger partial charge in [-0.2, -0.15) is 0 Å². The van der Waals surface area contributed by atoms with E-state index >= 15 is 0 Å². The summed E-state index contributed by atoms with van der Waals surface area (Å²) in [5.41, 5.74) is 1.83. The van der Waals surface area contributed by atoms with Crippen LogP contribution < -0.4 is 10.1 Å². The third-order valence-corrected chi connectivity index (χ3v) is 9.53. The molecular weight excluding hydrogens is 675 g/mol. The highest BCUT2D eigenvalue weighted by Crippen LogP contribution is 2.36. The number of thioether (sulfide) groups is 1. The van der Waals surface area contributed by atoms with E-state index in [1.807, 2.05) is 0 Å². The molecule has 3 aromatic carbocycles. The number of thiocarbonyl (C=S) groups is 1. The van der Waals surface area contributed by atoms with Crippen molar-refractivity contribution in [3.05, 3.63) is 88.3 Å². The number of rotatable bonds is 11. The molecule has 49 heavy (non-hydrogen) atoms. The Morgan fingerprint density at radius 3 is 2.31 bits per heavy atom. The van der Waals surface area contributed by atoms with Crippen molar-refractivity contribution in [2.24, 2.45) is 0 Å². The van der Waals surface area contributed by atoms with Crippen molar-refractivity contribution in [1.82, 2.24) is 14.7 Å². The molecule has 0 saturated carbocycles. The van der Waals surface area contributed by atoms with Crippen LogP contribution in [0.1, 0.15) is 36.2 Å². The molecule has 0 aliphatic carbocycles. The Bertz CT molecular complexity index is 1810. The second-order valence-corrected chi connectivity index (χ2v) is 13.4. The van der Waals surface area contributed by atoms with Crippen LogP contribution in [0.3, 0.4) is 0 Å². The summed E-state index contributed by atoms with van der Waals surface area (Å²) >= 11 is 6.49. The monoisotopic (exact) mass is 708 g/mol. The van der Waals surface area contributed by atoms with Crippen LogP contribution in [0.25, 0.3) is 17.2 Å². The Morgan fingerprint density at radius 1 is 0.980 bits per heavy atom. The molecule has 0 spiro atoms. The van der Waals surface area contributed by atoms with Gasteiger partial charge >= 0.3 is 5.97 Å². The van der Waals surface area contributed by atoms with E-state index < -0.39 is 29.4 Å². The molecule has 0 bridgehead atoms. The van der Waals surface area contributed by atoms with E-state index in [1.165, 1.54) is 35.2 Å². The second kappa shape index (κ2) is 15.7. The van der Waals surface area contributed by atoms with Gasteiger partial charge < -0.3 is 20.1 Å². The Balaban J connectivity index is 1.31. The molecule has 14 heteroatoms. The number of halogens is 2. The lowest BCUT2D eigenvalue weighted by atomic mass is 10.0. The number of amides is 3. The molecule has 0 aromatic heterocycles. The number of ether oxygens (including phenoxy) is 1. The maximum Gasteiger partial charge on any atom is 0.335 e. The fourth-order valence-electron chi connectivity index (χ4n) is 5.33. The van der Waals surface area contributed by atoms with E-state index in [-0.39, 0.29) is 40.3 Å². The van der Waals surface area contributed by atoms with Crippen LogP contribution >= 0.6 is 24.0 Å². The SMILES string of the molecule is CC(C)N1CCN(C(=O)COc2ccc(-c3ccc(F)c(F)c3)cc2/C=C2\SC(=S)N(CCC(=O)Nc3ccc(C(=O)O)cc3)C2=O)CC1. The van der Waals surface area contributed by atoms with Gasteiger partial charge in [0.15, 0.2) is 18.2 Å². The van der Waals surface area contributed by atoms with E-state index in [1.54, 1.807) is 29.2 Å².